The van der Waals surface area contributed by atoms with Crippen LogP contribution in [0.2, 0.25) is 0 Å². The molecule has 0 saturated heterocycles. The number of methoxy groups -OCH3 is 2. The smallest absolute Gasteiger partial charge is 0.224 e. The highest BCUT2D eigenvalue weighted by Gasteiger charge is 2.23. The summed E-state index contributed by atoms with van der Waals surface area (Å²) in [6, 6.07) is 26.0. The van der Waals surface area contributed by atoms with Crippen LogP contribution < -0.4 is 14.8 Å². The number of ether oxygens (including phenoxy) is 2. The van der Waals surface area contributed by atoms with Crippen LogP contribution in [0.4, 0.5) is 0 Å². The van der Waals surface area contributed by atoms with Crippen molar-refractivity contribution >= 4 is 5.91 Å². The molecule has 0 aromatic heterocycles. The van der Waals surface area contributed by atoms with Crippen molar-refractivity contribution in [3.8, 4) is 11.5 Å². The van der Waals surface area contributed by atoms with Crippen molar-refractivity contribution in [3.63, 3.8) is 0 Å². The van der Waals surface area contributed by atoms with Gasteiger partial charge in [0.1, 0.15) is 0 Å². The highest BCUT2D eigenvalue weighted by molar-refractivity contribution is 5.79. The molecule has 0 aliphatic rings. The molecule has 0 fully saturated rings. The number of rotatable bonds is 8. The predicted octanol–water partition coefficient (Wildman–Crippen LogP) is 4.58. The zero-order valence-corrected chi connectivity index (χ0v) is 17.1. The maximum absolute atomic E-state index is 12.8. The van der Waals surface area contributed by atoms with Crippen molar-refractivity contribution in [1.29, 1.82) is 0 Å². The van der Waals surface area contributed by atoms with Gasteiger partial charge in [-0.3, -0.25) is 4.79 Å². The van der Waals surface area contributed by atoms with Gasteiger partial charge in [-0.2, -0.15) is 0 Å². The Labute approximate surface area is 172 Å². The molecule has 3 aromatic rings. The number of amides is 1. The number of carbonyl (C=O) groups excluding carboxylic acids is 1. The van der Waals surface area contributed by atoms with Gasteiger partial charge in [-0.05, 0) is 35.7 Å². The summed E-state index contributed by atoms with van der Waals surface area (Å²) in [5.74, 6) is 1.32. The molecule has 4 heteroatoms. The third kappa shape index (κ3) is 5.17. The Morgan fingerprint density at radius 1 is 0.828 bits per heavy atom. The van der Waals surface area contributed by atoms with Gasteiger partial charge in [0.15, 0.2) is 11.5 Å². The minimum absolute atomic E-state index is 0.0263. The maximum Gasteiger partial charge on any atom is 0.224 e. The molecule has 150 valence electrons. The lowest BCUT2D eigenvalue weighted by Gasteiger charge is -2.26. The maximum atomic E-state index is 12.8. The molecule has 0 spiro atoms. The van der Waals surface area contributed by atoms with Crippen molar-refractivity contribution in [1.82, 2.24) is 5.32 Å². The van der Waals surface area contributed by atoms with Crippen molar-refractivity contribution in [2.24, 2.45) is 0 Å². The van der Waals surface area contributed by atoms with Gasteiger partial charge < -0.3 is 14.8 Å². The highest BCUT2D eigenvalue weighted by atomic mass is 16.5. The number of hydrogen-bond acceptors (Lipinski definition) is 3. The average Bonchev–Trinajstić information content (AvgIpc) is 2.75. The molecule has 1 N–H and O–H groups in total. The van der Waals surface area contributed by atoms with Crippen LogP contribution in [0.1, 0.15) is 29.5 Å². The lowest BCUT2D eigenvalue weighted by molar-refractivity contribution is -0.121. The first-order valence-electron chi connectivity index (χ1n) is 9.72. The van der Waals surface area contributed by atoms with Crippen LogP contribution >= 0.6 is 0 Å². The molecule has 0 bridgehead atoms. The Morgan fingerprint density at radius 3 is 1.90 bits per heavy atom. The van der Waals surface area contributed by atoms with E-state index in [4.69, 9.17) is 9.47 Å². The topological polar surface area (TPSA) is 47.6 Å². The van der Waals surface area contributed by atoms with Crippen LogP contribution in [0.3, 0.4) is 0 Å². The lowest BCUT2D eigenvalue weighted by Crippen LogP contribution is -2.38. The molecule has 3 rings (SSSR count). The summed E-state index contributed by atoms with van der Waals surface area (Å²) in [4.78, 5) is 12.8. The van der Waals surface area contributed by atoms with E-state index in [1.54, 1.807) is 14.2 Å². The van der Waals surface area contributed by atoms with Gasteiger partial charge in [-0.1, -0.05) is 66.7 Å². The minimum Gasteiger partial charge on any atom is -0.493 e. The highest BCUT2D eigenvalue weighted by Crippen LogP contribution is 2.29. The SMILES string of the molecule is COc1ccc(CC(=O)NC(C)C(c2ccccc2)c2ccccc2)cc1OC. The normalized spacial score (nSPS) is 11.7. The van der Waals surface area contributed by atoms with E-state index in [2.05, 4.69) is 36.5 Å². The fraction of sp³-hybridized carbons (Fsp3) is 0.240. The zero-order chi connectivity index (χ0) is 20.6. The predicted molar refractivity (Wildman–Crippen MR) is 116 cm³/mol. The second-order valence-corrected chi connectivity index (χ2v) is 7.02. The van der Waals surface area contributed by atoms with Gasteiger partial charge in [0, 0.05) is 12.0 Å². The van der Waals surface area contributed by atoms with Crippen LogP contribution in [-0.2, 0) is 11.2 Å². The van der Waals surface area contributed by atoms with Gasteiger partial charge >= 0.3 is 0 Å². The van der Waals surface area contributed by atoms with Crippen LogP contribution in [0.25, 0.3) is 0 Å². The van der Waals surface area contributed by atoms with Crippen LogP contribution in [0.5, 0.6) is 11.5 Å². The third-order valence-electron chi connectivity index (χ3n) is 5.02. The van der Waals surface area contributed by atoms with E-state index >= 15 is 0 Å². The molecule has 0 radical (unpaired) electrons. The molecule has 0 heterocycles. The first-order chi connectivity index (χ1) is 14.1. The largest absolute Gasteiger partial charge is 0.493 e. The molecule has 0 aliphatic carbocycles. The summed E-state index contributed by atoms with van der Waals surface area (Å²) in [7, 11) is 3.19. The van der Waals surface area contributed by atoms with E-state index in [-0.39, 0.29) is 24.3 Å². The monoisotopic (exact) mass is 389 g/mol. The van der Waals surface area contributed by atoms with E-state index in [1.165, 1.54) is 11.1 Å². The molecular weight excluding hydrogens is 362 g/mol. The van der Waals surface area contributed by atoms with Crippen molar-refractivity contribution in [2.45, 2.75) is 25.3 Å². The van der Waals surface area contributed by atoms with Gasteiger partial charge in [0.05, 0.1) is 20.6 Å². The van der Waals surface area contributed by atoms with Gasteiger partial charge in [-0.25, -0.2) is 0 Å². The zero-order valence-electron chi connectivity index (χ0n) is 17.1. The van der Waals surface area contributed by atoms with E-state index in [1.807, 2.05) is 54.6 Å². The summed E-state index contributed by atoms with van der Waals surface area (Å²) in [6.45, 7) is 2.05. The lowest BCUT2D eigenvalue weighted by atomic mass is 9.85. The summed E-state index contributed by atoms with van der Waals surface area (Å²) >= 11 is 0. The number of hydrogen-bond donors (Lipinski definition) is 1. The Morgan fingerprint density at radius 2 is 1.38 bits per heavy atom. The summed E-state index contributed by atoms with van der Waals surface area (Å²) in [5, 5.41) is 3.18. The fourth-order valence-electron chi connectivity index (χ4n) is 3.65. The second-order valence-electron chi connectivity index (χ2n) is 7.02. The first kappa shape index (κ1) is 20.5. The van der Waals surface area contributed by atoms with E-state index in [0.29, 0.717) is 11.5 Å². The van der Waals surface area contributed by atoms with Gasteiger partial charge in [0.25, 0.3) is 0 Å². The Balaban J connectivity index is 1.76. The molecule has 0 aliphatic heterocycles. The quantitative estimate of drug-likeness (QED) is 0.613. The molecule has 3 aromatic carbocycles. The van der Waals surface area contributed by atoms with Crippen molar-refractivity contribution in [2.75, 3.05) is 14.2 Å². The molecule has 1 amide bonds. The van der Waals surface area contributed by atoms with Crippen LogP contribution in [0, 0.1) is 0 Å². The molecular formula is C25H27NO3. The number of benzene rings is 3. The molecule has 4 nitrogen and oxygen atoms in total. The average molecular weight is 389 g/mol. The summed E-state index contributed by atoms with van der Waals surface area (Å²) < 4.78 is 10.6. The Kier molecular flexibility index (Phi) is 6.90. The van der Waals surface area contributed by atoms with E-state index < -0.39 is 0 Å². The molecule has 1 atom stereocenters. The molecule has 0 saturated carbocycles. The van der Waals surface area contributed by atoms with E-state index in [0.717, 1.165) is 5.56 Å². The Bertz CT molecular complexity index is 886. The standard InChI is InChI=1S/C25H27NO3/c1-18(25(20-10-6-4-7-11-20)21-12-8-5-9-13-21)26-24(27)17-19-14-15-22(28-2)23(16-19)29-3/h4-16,18,25H,17H2,1-3H3,(H,26,27). The number of nitrogens with one attached hydrogen (secondary N) is 1. The van der Waals surface area contributed by atoms with Crippen molar-refractivity contribution in [3.05, 3.63) is 95.6 Å². The van der Waals surface area contributed by atoms with Gasteiger partial charge in [0.2, 0.25) is 5.91 Å². The minimum atomic E-state index is -0.0626. The number of carbonyl (C=O) groups is 1. The molecule has 1 unspecified atom stereocenters. The summed E-state index contributed by atoms with van der Waals surface area (Å²) in [6.07, 6.45) is 0.279. The van der Waals surface area contributed by atoms with Gasteiger partial charge in [-0.15, -0.1) is 0 Å². The summed E-state index contributed by atoms with van der Waals surface area (Å²) in [5.41, 5.74) is 3.23. The van der Waals surface area contributed by atoms with E-state index in [9.17, 15) is 4.79 Å². The fourth-order valence-corrected chi connectivity index (χ4v) is 3.65. The second kappa shape index (κ2) is 9.78. The van der Waals surface area contributed by atoms with Crippen LogP contribution in [0.15, 0.2) is 78.9 Å². The van der Waals surface area contributed by atoms with Crippen molar-refractivity contribution < 1.29 is 14.3 Å². The third-order valence-corrected chi connectivity index (χ3v) is 5.02. The Hall–Kier alpha value is -3.27. The van der Waals surface area contributed by atoms with Crippen LogP contribution in [-0.4, -0.2) is 26.2 Å². The first-order valence-corrected chi connectivity index (χ1v) is 9.72. The molecule has 29 heavy (non-hydrogen) atoms.